The molecule has 8 nitrogen and oxygen atoms in total. The van der Waals surface area contributed by atoms with Crippen molar-refractivity contribution in [2.45, 2.75) is 32.0 Å². The van der Waals surface area contributed by atoms with E-state index in [0.29, 0.717) is 0 Å². The van der Waals surface area contributed by atoms with Gasteiger partial charge in [-0.2, -0.15) is 31.0 Å². The summed E-state index contributed by atoms with van der Waals surface area (Å²) < 4.78 is 65.4. The summed E-state index contributed by atoms with van der Waals surface area (Å²) in [5.74, 6) is -2.37. The number of esters is 1. The van der Waals surface area contributed by atoms with Gasteiger partial charge in [0.15, 0.2) is 0 Å². The van der Waals surface area contributed by atoms with Gasteiger partial charge < -0.3 is 9.84 Å². The van der Waals surface area contributed by atoms with Gasteiger partial charge in [0.1, 0.15) is 12.6 Å². The molecule has 0 heterocycles. The normalized spacial score (nSPS) is 13.7. The fourth-order valence-corrected chi connectivity index (χ4v) is 2.16. The van der Waals surface area contributed by atoms with E-state index in [9.17, 15) is 31.2 Å². The minimum absolute atomic E-state index is 0.0649. The topological polar surface area (TPSA) is 122 Å². The number of halogens is 3. The SMILES string of the molecule is CCOC(=O)CC[C@H](NS(=O)(=O)NCC(F)(F)F)C(=O)O. The summed E-state index contributed by atoms with van der Waals surface area (Å²) in [4.78, 5) is 21.9. The third kappa shape index (κ3) is 10.0. The highest BCUT2D eigenvalue weighted by molar-refractivity contribution is 7.87. The molecule has 0 aliphatic carbocycles. The lowest BCUT2D eigenvalue weighted by Gasteiger charge is -2.15. The summed E-state index contributed by atoms with van der Waals surface area (Å²) in [6, 6.07) is -1.75. The van der Waals surface area contributed by atoms with E-state index in [1.165, 1.54) is 11.6 Å². The molecule has 0 amide bonds. The highest BCUT2D eigenvalue weighted by Gasteiger charge is 2.31. The Labute approximate surface area is 118 Å². The Kier molecular flexibility index (Phi) is 7.60. The quantitative estimate of drug-likeness (QED) is 0.500. The molecular weight excluding hydrogens is 321 g/mol. The molecule has 124 valence electrons. The molecule has 0 fully saturated rings. The van der Waals surface area contributed by atoms with E-state index in [0.717, 1.165) is 4.72 Å². The van der Waals surface area contributed by atoms with E-state index in [-0.39, 0.29) is 6.61 Å². The Morgan fingerprint density at radius 2 is 1.90 bits per heavy atom. The second kappa shape index (κ2) is 8.14. The summed E-state index contributed by atoms with van der Waals surface area (Å²) in [6.07, 6.45) is -5.63. The molecule has 0 aromatic carbocycles. The van der Waals surface area contributed by atoms with E-state index < -0.39 is 53.8 Å². The number of nitrogens with one attached hydrogen (secondary N) is 2. The Morgan fingerprint density at radius 3 is 2.33 bits per heavy atom. The molecular formula is C9H15F3N2O6S. The van der Waals surface area contributed by atoms with E-state index >= 15 is 0 Å². The van der Waals surface area contributed by atoms with Crippen molar-refractivity contribution in [1.82, 2.24) is 9.44 Å². The van der Waals surface area contributed by atoms with E-state index in [1.807, 2.05) is 0 Å². The van der Waals surface area contributed by atoms with Crippen molar-refractivity contribution >= 4 is 22.1 Å². The summed E-state index contributed by atoms with van der Waals surface area (Å²) in [5.41, 5.74) is 0. The fraction of sp³-hybridized carbons (Fsp3) is 0.778. The lowest BCUT2D eigenvalue weighted by Crippen LogP contribution is -2.48. The van der Waals surface area contributed by atoms with Gasteiger partial charge in [-0.25, -0.2) is 0 Å². The van der Waals surface area contributed by atoms with Crippen LogP contribution in [0.5, 0.6) is 0 Å². The molecule has 21 heavy (non-hydrogen) atoms. The van der Waals surface area contributed by atoms with Crippen molar-refractivity contribution < 1.29 is 41.0 Å². The van der Waals surface area contributed by atoms with Gasteiger partial charge >= 0.3 is 18.1 Å². The first-order valence-corrected chi connectivity index (χ1v) is 7.17. The molecule has 0 aromatic heterocycles. The molecule has 0 saturated carbocycles. The first-order chi connectivity index (χ1) is 9.47. The van der Waals surface area contributed by atoms with Crippen LogP contribution in [0.4, 0.5) is 13.2 Å². The van der Waals surface area contributed by atoms with Gasteiger partial charge in [-0.1, -0.05) is 0 Å². The maximum Gasteiger partial charge on any atom is 0.402 e. The van der Waals surface area contributed by atoms with Crippen molar-refractivity contribution in [3.05, 3.63) is 0 Å². The molecule has 0 spiro atoms. The summed E-state index contributed by atoms with van der Waals surface area (Å²) in [5, 5.41) is 8.78. The first-order valence-electron chi connectivity index (χ1n) is 5.69. The highest BCUT2D eigenvalue weighted by Crippen LogP contribution is 2.12. The number of hydrogen-bond acceptors (Lipinski definition) is 5. The molecule has 0 aliphatic rings. The highest BCUT2D eigenvalue weighted by atomic mass is 32.2. The van der Waals surface area contributed by atoms with Gasteiger partial charge in [0.05, 0.1) is 6.61 Å². The Balaban J connectivity index is 4.55. The zero-order valence-corrected chi connectivity index (χ0v) is 11.8. The molecule has 0 saturated heterocycles. The van der Waals surface area contributed by atoms with E-state index in [2.05, 4.69) is 4.74 Å². The number of carboxylic acids is 1. The number of ether oxygens (including phenoxy) is 1. The van der Waals surface area contributed by atoms with Gasteiger partial charge in [0.2, 0.25) is 0 Å². The summed E-state index contributed by atoms with van der Waals surface area (Å²) >= 11 is 0. The monoisotopic (exact) mass is 336 g/mol. The molecule has 12 heteroatoms. The maximum absolute atomic E-state index is 11.9. The number of carbonyl (C=O) groups is 2. The maximum atomic E-state index is 11.9. The standard InChI is InChI=1S/C9H15F3N2O6S/c1-2-20-7(15)4-3-6(8(16)17)14-21(18,19)13-5-9(10,11)12/h6,13-14H,2-5H2,1H3,(H,16,17)/t6-/m0/s1. The zero-order valence-electron chi connectivity index (χ0n) is 10.9. The zero-order chi connectivity index (χ0) is 16.7. The van der Waals surface area contributed by atoms with Gasteiger partial charge in [0, 0.05) is 6.42 Å². The van der Waals surface area contributed by atoms with Crippen molar-refractivity contribution in [3.63, 3.8) is 0 Å². The van der Waals surface area contributed by atoms with Gasteiger partial charge in [-0.05, 0) is 13.3 Å². The van der Waals surface area contributed by atoms with Crippen LogP contribution in [0.15, 0.2) is 0 Å². The van der Waals surface area contributed by atoms with Crippen LogP contribution in [0.25, 0.3) is 0 Å². The third-order valence-electron chi connectivity index (χ3n) is 2.00. The van der Waals surface area contributed by atoms with Crippen LogP contribution in [0, 0.1) is 0 Å². The van der Waals surface area contributed by atoms with Gasteiger partial charge in [-0.3, -0.25) is 9.59 Å². The minimum Gasteiger partial charge on any atom is -0.480 e. The smallest absolute Gasteiger partial charge is 0.402 e. The third-order valence-corrected chi connectivity index (χ3v) is 3.12. The number of alkyl halides is 3. The summed E-state index contributed by atoms with van der Waals surface area (Å²) in [6.45, 7) is -0.252. The van der Waals surface area contributed by atoms with Crippen molar-refractivity contribution in [1.29, 1.82) is 0 Å². The average molecular weight is 336 g/mol. The Morgan fingerprint density at radius 1 is 1.33 bits per heavy atom. The van der Waals surface area contributed by atoms with E-state index in [1.54, 1.807) is 0 Å². The predicted octanol–water partition coefficient (Wildman–Crippen LogP) is -0.231. The van der Waals surface area contributed by atoms with Crippen LogP contribution < -0.4 is 9.44 Å². The molecule has 0 aliphatic heterocycles. The predicted molar refractivity (Wildman–Crippen MR) is 63.4 cm³/mol. The number of carboxylic acid groups (broad SMARTS) is 1. The summed E-state index contributed by atoms with van der Waals surface area (Å²) in [7, 11) is -4.67. The number of rotatable bonds is 9. The van der Waals surface area contributed by atoms with Gasteiger partial charge in [0.25, 0.3) is 10.2 Å². The molecule has 0 unspecified atom stereocenters. The van der Waals surface area contributed by atoms with Crippen LogP contribution in [0.2, 0.25) is 0 Å². The molecule has 0 radical (unpaired) electrons. The number of hydrogen-bond donors (Lipinski definition) is 3. The van der Waals surface area contributed by atoms with Crippen LogP contribution in [0.3, 0.4) is 0 Å². The van der Waals surface area contributed by atoms with Crippen LogP contribution in [-0.2, 0) is 24.5 Å². The minimum atomic E-state index is -4.78. The molecule has 0 rings (SSSR count). The van der Waals surface area contributed by atoms with Crippen molar-refractivity contribution in [2.75, 3.05) is 13.2 Å². The van der Waals surface area contributed by atoms with E-state index in [4.69, 9.17) is 5.11 Å². The Hall–Kier alpha value is -1.40. The average Bonchev–Trinajstić information content (AvgIpc) is 2.31. The molecule has 1 atom stereocenters. The fourth-order valence-electron chi connectivity index (χ4n) is 1.13. The van der Waals surface area contributed by atoms with Crippen molar-refractivity contribution in [3.8, 4) is 0 Å². The van der Waals surface area contributed by atoms with Gasteiger partial charge in [-0.15, -0.1) is 0 Å². The second-order valence-electron chi connectivity index (χ2n) is 3.79. The Bertz CT molecular complexity index is 465. The van der Waals surface area contributed by atoms with Crippen molar-refractivity contribution in [2.24, 2.45) is 0 Å². The number of aliphatic carboxylic acids is 1. The lowest BCUT2D eigenvalue weighted by molar-refractivity contribution is -0.144. The lowest BCUT2D eigenvalue weighted by atomic mass is 10.2. The number of carbonyl (C=O) groups excluding carboxylic acids is 1. The first kappa shape index (κ1) is 19.6. The van der Waals surface area contributed by atoms with Crippen LogP contribution in [0.1, 0.15) is 19.8 Å². The largest absolute Gasteiger partial charge is 0.480 e. The van der Waals surface area contributed by atoms with Crippen LogP contribution in [-0.4, -0.2) is 50.8 Å². The molecule has 3 N–H and O–H groups in total. The molecule has 0 aromatic rings. The molecule has 0 bridgehead atoms. The second-order valence-corrected chi connectivity index (χ2v) is 5.32. The van der Waals surface area contributed by atoms with Crippen LogP contribution >= 0.6 is 0 Å².